The maximum Gasteiger partial charge on any atom is 0.416 e. The van der Waals surface area contributed by atoms with Crippen molar-refractivity contribution in [1.82, 2.24) is 4.90 Å². The minimum atomic E-state index is -1.39. The quantitative estimate of drug-likeness (QED) is 0.431. The summed E-state index contributed by atoms with van der Waals surface area (Å²) in [6, 6.07) is 17.5. The topological polar surface area (TPSA) is 43.8 Å². The van der Waals surface area contributed by atoms with Crippen LogP contribution in [0.4, 0.5) is 29.3 Å². The first kappa shape index (κ1) is 23.4. The Morgan fingerprint density at radius 1 is 0.886 bits per heavy atom. The van der Waals surface area contributed by atoms with Crippen molar-refractivity contribution in [3.05, 3.63) is 95.3 Å². The summed E-state index contributed by atoms with van der Waals surface area (Å²) >= 11 is 0. The SMILES string of the molecule is O=C(O)N(c1ccc(F)c(F)c1)c1cccc(F)c1CC1C2CCC1CN(Cc1ccccc1)C2. The second-order valence-corrected chi connectivity index (χ2v) is 9.60. The number of hydrogen-bond acceptors (Lipinski definition) is 2. The van der Waals surface area contributed by atoms with E-state index in [9.17, 15) is 18.7 Å². The molecule has 4 nitrogen and oxygen atoms in total. The summed E-state index contributed by atoms with van der Waals surface area (Å²) in [5.41, 5.74) is 1.65. The molecule has 2 unspecified atom stereocenters. The lowest BCUT2D eigenvalue weighted by Gasteiger charge is -2.38. The first-order valence-corrected chi connectivity index (χ1v) is 11.9. The number of halogens is 3. The number of amides is 1. The Balaban J connectivity index is 1.40. The van der Waals surface area contributed by atoms with Gasteiger partial charge in [0.2, 0.25) is 0 Å². The minimum absolute atomic E-state index is 0.0658. The predicted octanol–water partition coefficient (Wildman–Crippen LogP) is 6.62. The van der Waals surface area contributed by atoms with Crippen molar-refractivity contribution in [3.63, 3.8) is 0 Å². The lowest BCUT2D eigenvalue weighted by Crippen LogP contribution is -2.42. The molecule has 35 heavy (non-hydrogen) atoms. The lowest BCUT2D eigenvalue weighted by molar-refractivity contribution is 0.103. The monoisotopic (exact) mass is 480 g/mol. The van der Waals surface area contributed by atoms with E-state index in [2.05, 4.69) is 17.0 Å². The van der Waals surface area contributed by atoms with Crippen molar-refractivity contribution < 1.29 is 23.1 Å². The molecular formula is C28H27F3N2O2. The zero-order valence-corrected chi connectivity index (χ0v) is 19.2. The van der Waals surface area contributed by atoms with E-state index in [1.54, 1.807) is 0 Å². The van der Waals surface area contributed by atoms with E-state index in [-0.39, 0.29) is 17.3 Å². The van der Waals surface area contributed by atoms with Crippen LogP contribution < -0.4 is 4.90 Å². The maximum atomic E-state index is 15.2. The van der Waals surface area contributed by atoms with Crippen LogP contribution >= 0.6 is 0 Å². The molecule has 2 fully saturated rings. The number of carbonyl (C=O) groups is 1. The molecule has 7 heteroatoms. The summed E-state index contributed by atoms with van der Waals surface area (Å²) < 4.78 is 42.5. The molecule has 1 saturated heterocycles. The normalized spacial score (nSPS) is 21.7. The predicted molar refractivity (Wildman–Crippen MR) is 128 cm³/mol. The number of anilines is 2. The average Bonchev–Trinajstić information content (AvgIpc) is 3.06. The Bertz CT molecular complexity index is 1210. The highest BCUT2D eigenvalue weighted by atomic mass is 19.2. The number of benzene rings is 3. The second-order valence-electron chi connectivity index (χ2n) is 9.60. The Hall–Kier alpha value is -3.32. The molecule has 2 aliphatic rings. The summed E-state index contributed by atoms with van der Waals surface area (Å²) in [4.78, 5) is 15.5. The van der Waals surface area contributed by atoms with Crippen molar-refractivity contribution in [2.45, 2.75) is 25.8 Å². The van der Waals surface area contributed by atoms with Gasteiger partial charge in [0.05, 0.1) is 11.4 Å². The zero-order chi connectivity index (χ0) is 24.5. The van der Waals surface area contributed by atoms with E-state index in [1.165, 1.54) is 29.8 Å². The van der Waals surface area contributed by atoms with Gasteiger partial charge < -0.3 is 5.11 Å². The molecule has 1 heterocycles. The van der Waals surface area contributed by atoms with Gasteiger partial charge in [0, 0.05) is 31.3 Å². The average molecular weight is 481 g/mol. The van der Waals surface area contributed by atoms with Gasteiger partial charge in [-0.1, -0.05) is 36.4 Å². The molecule has 2 atom stereocenters. The number of piperidine rings is 1. The standard InChI is InChI=1S/C28H27F3N2O2/c29-24-7-4-8-27(33(28(34)35)21-11-12-25(30)26(31)13-21)23(24)14-22-19-9-10-20(22)17-32(16-19)15-18-5-2-1-3-6-18/h1-8,11-13,19-20,22H,9-10,14-17H2,(H,34,35). The molecule has 1 amide bonds. The number of likely N-dealkylation sites (tertiary alicyclic amines) is 1. The third-order valence-corrected chi connectivity index (χ3v) is 7.48. The van der Waals surface area contributed by atoms with Crippen LogP contribution in [0.25, 0.3) is 0 Å². The molecule has 1 aliphatic heterocycles. The summed E-state index contributed by atoms with van der Waals surface area (Å²) in [6.45, 7) is 2.73. The summed E-state index contributed by atoms with van der Waals surface area (Å²) in [5, 5.41) is 9.93. The van der Waals surface area contributed by atoms with Crippen LogP contribution in [0.2, 0.25) is 0 Å². The van der Waals surface area contributed by atoms with Gasteiger partial charge in [-0.2, -0.15) is 0 Å². The molecule has 1 N–H and O–H groups in total. The van der Waals surface area contributed by atoms with Crippen molar-refractivity contribution in [1.29, 1.82) is 0 Å². The van der Waals surface area contributed by atoms with Crippen molar-refractivity contribution in [2.75, 3.05) is 18.0 Å². The molecule has 5 rings (SSSR count). The third kappa shape index (κ3) is 4.78. The Kier molecular flexibility index (Phi) is 6.52. The largest absolute Gasteiger partial charge is 0.464 e. The van der Waals surface area contributed by atoms with E-state index < -0.39 is 23.5 Å². The minimum Gasteiger partial charge on any atom is -0.464 e. The summed E-state index contributed by atoms with van der Waals surface area (Å²) in [6.07, 6.45) is 1.15. The molecule has 1 aliphatic carbocycles. The molecule has 1 saturated carbocycles. The van der Waals surface area contributed by atoms with Crippen LogP contribution in [0, 0.1) is 35.2 Å². The highest BCUT2D eigenvalue weighted by molar-refractivity contribution is 5.95. The highest BCUT2D eigenvalue weighted by Crippen LogP contribution is 2.45. The van der Waals surface area contributed by atoms with E-state index in [0.717, 1.165) is 49.5 Å². The summed E-state index contributed by atoms with van der Waals surface area (Å²) in [7, 11) is 0. The van der Waals surface area contributed by atoms with E-state index in [0.29, 0.717) is 23.8 Å². The van der Waals surface area contributed by atoms with Crippen LogP contribution in [-0.4, -0.2) is 29.2 Å². The maximum absolute atomic E-state index is 15.2. The molecule has 2 bridgehead atoms. The molecular weight excluding hydrogens is 453 g/mol. The fourth-order valence-electron chi connectivity index (χ4n) is 5.91. The number of rotatable bonds is 6. The van der Waals surface area contributed by atoms with Gasteiger partial charge in [-0.3, -0.25) is 4.90 Å². The lowest BCUT2D eigenvalue weighted by atomic mass is 9.80. The van der Waals surface area contributed by atoms with Gasteiger partial charge in [0.1, 0.15) is 5.82 Å². The molecule has 3 aromatic carbocycles. The molecule has 0 aromatic heterocycles. The number of fused-ring (bicyclic) bond motifs is 2. The van der Waals surface area contributed by atoms with Gasteiger partial charge >= 0.3 is 6.09 Å². The first-order valence-electron chi connectivity index (χ1n) is 11.9. The van der Waals surface area contributed by atoms with Crippen molar-refractivity contribution >= 4 is 17.5 Å². The number of nitrogens with zero attached hydrogens (tertiary/aromatic N) is 2. The van der Waals surface area contributed by atoms with Crippen molar-refractivity contribution in [2.24, 2.45) is 17.8 Å². The Labute approximate surface area is 202 Å². The smallest absolute Gasteiger partial charge is 0.416 e. The number of carboxylic acid groups (broad SMARTS) is 1. The molecule has 0 radical (unpaired) electrons. The van der Waals surface area contributed by atoms with Crippen LogP contribution in [-0.2, 0) is 13.0 Å². The van der Waals surface area contributed by atoms with Crippen LogP contribution in [0.15, 0.2) is 66.7 Å². The van der Waals surface area contributed by atoms with Crippen molar-refractivity contribution in [3.8, 4) is 0 Å². The van der Waals surface area contributed by atoms with E-state index >= 15 is 4.39 Å². The fourth-order valence-corrected chi connectivity index (χ4v) is 5.91. The van der Waals surface area contributed by atoms with Gasteiger partial charge in [-0.15, -0.1) is 0 Å². The highest BCUT2D eigenvalue weighted by Gasteiger charge is 2.42. The van der Waals surface area contributed by atoms with Crippen LogP contribution in [0.3, 0.4) is 0 Å². The van der Waals surface area contributed by atoms with Crippen LogP contribution in [0.5, 0.6) is 0 Å². The van der Waals surface area contributed by atoms with Crippen LogP contribution in [0.1, 0.15) is 24.0 Å². The Morgan fingerprint density at radius 3 is 2.26 bits per heavy atom. The van der Waals surface area contributed by atoms with Gasteiger partial charge in [-0.25, -0.2) is 22.9 Å². The Morgan fingerprint density at radius 2 is 1.60 bits per heavy atom. The second kappa shape index (κ2) is 9.74. The van der Waals surface area contributed by atoms with Gasteiger partial charge in [0.25, 0.3) is 0 Å². The summed E-state index contributed by atoms with van der Waals surface area (Å²) in [5.74, 6) is -1.69. The third-order valence-electron chi connectivity index (χ3n) is 7.48. The first-order chi connectivity index (χ1) is 16.9. The number of hydrogen-bond donors (Lipinski definition) is 1. The van der Waals surface area contributed by atoms with E-state index in [4.69, 9.17) is 0 Å². The van der Waals surface area contributed by atoms with Gasteiger partial charge in [-0.05, 0) is 66.8 Å². The molecule has 182 valence electrons. The molecule has 3 aromatic rings. The van der Waals surface area contributed by atoms with E-state index in [1.807, 2.05) is 18.2 Å². The van der Waals surface area contributed by atoms with Gasteiger partial charge in [0.15, 0.2) is 11.6 Å². The molecule has 0 spiro atoms. The zero-order valence-electron chi connectivity index (χ0n) is 19.2. The fraction of sp³-hybridized carbons (Fsp3) is 0.321.